The molecule has 0 saturated carbocycles. The highest BCUT2D eigenvalue weighted by molar-refractivity contribution is 9.10. The molecule has 1 amide bonds. The minimum Gasteiger partial charge on any atom is -0.508 e. The number of benzene rings is 2. The van der Waals surface area contributed by atoms with Crippen molar-refractivity contribution in [2.24, 2.45) is 5.10 Å². The summed E-state index contributed by atoms with van der Waals surface area (Å²) in [6, 6.07) is 9.05. The fourth-order valence-electron chi connectivity index (χ4n) is 1.74. The maximum absolute atomic E-state index is 11.9. The quantitative estimate of drug-likeness (QED) is 0.574. The first-order valence-electron chi connectivity index (χ1n) is 6.20. The average Bonchev–Trinajstić information content (AvgIpc) is 2.47. The number of phenols is 2. The van der Waals surface area contributed by atoms with Gasteiger partial charge in [0.05, 0.1) is 18.9 Å². The van der Waals surface area contributed by atoms with Crippen molar-refractivity contribution in [3.05, 3.63) is 52.0 Å². The monoisotopic (exact) mass is 364 g/mol. The van der Waals surface area contributed by atoms with E-state index in [1.54, 1.807) is 12.1 Å². The number of methoxy groups -OCH3 is 1. The van der Waals surface area contributed by atoms with E-state index < -0.39 is 5.91 Å². The third kappa shape index (κ3) is 3.76. The summed E-state index contributed by atoms with van der Waals surface area (Å²) >= 11 is 3.34. The first-order valence-corrected chi connectivity index (χ1v) is 6.99. The van der Waals surface area contributed by atoms with E-state index in [1.165, 1.54) is 25.5 Å². The van der Waals surface area contributed by atoms with E-state index in [4.69, 9.17) is 4.74 Å². The summed E-state index contributed by atoms with van der Waals surface area (Å²) in [7, 11) is 1.54. The molecule has 0 fully saturated rings. The molecule has 7 heteroatoms. The van der Waals surface area contributed by atoms with Crippen molar-refractivity contribution < 1.29 is 19.7 Å². The molecule has 3 N–H and O–H groups in total. The van der Waals surface area contributed by atoms with Crippen molar-refractivity contribution >= 4 is 28.1 Å². The summed E-state index contributed by atoms with van der Waals surface area (Å²) in [4.78, 5) is 11.9. The van der Waals surface area contributed by atoms with Gasteiger partial charge in [-0.1, -0.05) is 15.9 Å². The van der Waals surface area contributed by atoms with Crippen molar-refractivity contribution in [1.82, 2.24) is 5.43 Å². The number of hydrogen-bond donors (Lipinski definition) is 3. The van der Waals surface area contributed by atoms with Gasteiger partial charge in [-0.15, -0.1) is 0 Å². The average molecular weight is 365 g/mol. The van der Waals surface area contributed by atoms with E-state index in [0.29, 0.717) is 11.3 Å². The van der Waals surface area contributed by atoms with Gasteiger partial charge in [-0.05, 0) is 30.3 Å². The second-order valence-corrected chi connectivity index (χ2v) is 5.20. The number of amides is 1. The summed E-state index contributed by atoms with van der Waals surface area (Å²) in [5, 5.41) is 22.6. The zero-order chi connectivity index (χ0) is 16.1. The van der Waals surface area contributed by atoms with Crippen LogP contribution in [0.5, 0.6) is 17.2 Å². The summed E-state index contributed by atoms with van der Waals surface area (Å²) in [5.74, 6) is -0.444. The predicted molar refractivity (Wildman–Crippen MR) is 85.5 cm³/mol. The number of ether oxygens (including phenoxy) is 1. The highest BCUT2D eigenvalue weighted by Gasteiger charge is 2.10. The molecular formula is C15H13BrN2O4. The second-order valence-electron chi connectivity index (χ2n) is 4.29. The SMILES string of the molecule is COc1ccc(Br)cc1/C=N/NC(=O)c1ccc(O)cc1O. The molecule has 0 spiro atoms. The minimum absolute atomic E-state index is 0.0103. The Bertz CT molecular complexity index is 731. The lowest BCUT2D eigenvalue weighted by atomic mass is 10.2. The zero-order valence-corrected chi connectivity index (χ0v) is 13.2. The number of carbonyl (C=O) groups is 1. The van der Waals surface area contributed by atoms with Crippen LogP contribution in [0.4, 0.5) is 0 Å². The van der Waals surface area contributed by atoms with Gasteiger partial charge in [-0.2, -0.15) is 5.10 Å². The van der Waals surface area contributed by atoms with Gasteiger partial charge in [-0.3, -0.25) is 4.79 Å². The van der Waals surface area contributed by atoms with Crippen LogP contribution in [-0.2, 0) is 0 Å². The molecule has 6 nitrogen and oxygen atoms in total. The molecule has 2 aromatic carbocycles. The standard InChI is InChI=1S/C15H13BrN2O4/c1-22-14-5-2-10(16)6-9(14)8-17-18-15(21)12-4-3-11(19)7-13(12)20/h2-8,19-20H,1H3,(H,18,21)/b17-8+. The molecule has 0 aliphatic heterocycles. The fraction of sp³-hybridized carbons (Fsp3) is 0.0667. The molecule has 2 rings (SSSR count). The topological polar surface area (TPSA) is 91.2 Å². The van der Waals surface area contributed by atoms with Crippen molar-refractivity contribution in [3.63, 3.8) is 0 Å². The molecule has 0 heterocycles. The van der Waals surface area contributed by atoms with Gasteiger partial charge in [0.15, 0.2) is 0 Å². The van der Waals surface area contributed by atoms with Crippen molar-refractivity contribution in [3.8, 4) is 17.2 Å². The lowest BCUT2D eigenvalue weighted by Crippen LogP contribution is -2.17. The Kier molecular flexibility index (Phi) is 5.00. The van der Waals surface area contributed by atoms with Gasteiger partial charge in [0.2, 0.25) is 0 Å². The molecule has 0 bridgehead atoms. The van der Waals surface area contributed by atoms with Crippen LogP contribution in [0, 0.1) is 0 Å². The van der Waals surface area contributed by atoms with Gasteiger partial charge >= 0.3 is 0 Å². The second kappa shape index (κ2) is 6.95. The summed E-state index contributed by atoms with van der Waals surface area (Å²) in [6.45, 7) is 0. The lowest BCUT2D eigenvalue weighted by molar-refractivity contribution is 0.0952. The van der Waals surface area contributed by atoms with Crippen LogP contribution >= 0.6 is 15.9 Å². The van der Waals surface area contributed by atoms with E-state index >= 15 is 0 Å². The van der Waals surface area contributed by atoms with Gasteiger partial charge in [-0.25, -0.2) is 5.43 Å². The van der Waals surface area contributed by atoms with Crippen LogP contribution < -0.4 is 10.2 Å². The van der Waals surface area contributed by atoms with Crippen LogP contribution in [0.3, 0.4) is 0 Å². The summed E-state index contributed by atoms with van der Waals surface area (Å²) < 4.78 is 6.03. The Balaban J connectivity index is 2.12. The van der Waals surface area contributed by atoms with Crippen LogP contribution in [0.15, 0.2) is 46.0 Å². The molecule has 0 aliphatic carbocycles. The molecule has 0 aliphatic rings. The number of carbonyl (C=O) groups excluding carboxylic acids is 1. The molecule has 114 valence electrons. The van der Waals surface area contributed by atoms with Crippen LogP contribution in [0.1, 0.15) is 15.9 Å². The Hall–Kier alpha value is -2.54. The van der Waals surface area contributed by atoms with E-state index in [2.05, 4.69) is 26.5 Å². The highest BCUT2D eigenvalue weighted by atomic mass is 79.9. The Morgan fingerprint density at radius 2 is 2.05 bits per heavy atom. The number of hydrazone groups is 1. The molecule has 0 saturated heterocycles. The van der Waals surface area contributed by atoms with E-state index in [1.807, 2.05) is 6.07 Å². The largest absolute Gasteiger partial charge is 0.508 e. The third-order valence-electron chi connectivity index (χ3n) is 2.79. The highest BCUT2D eigenvalue weighted by Crippen LogP contribution is 2.23. The number of halogens is 1. The maximum Gasteiger partial charge on any atom is 0.275 e. The van der Waals surface area contributed by atoms with Crippen molar-refractivity contribution in [2.75, 3.05) is 7.11 Å². The normalized spacial score (nSPS) is 10.6. The zero-order valence-electron chi connectivity index (χ0n) is 11.6. The number of rotatable bonds is 4. The number of aromatic hydroxyl groups is 2. The van der Waals surface area contributed by atoms with Crippen LogP contribution in [0.25, 0.3) is 0 Å². The van der Waals surface area contributed by atoms with Crippen LogP contribution in [-0.4, -0.2) is 29.4 Å². The van der Waals surface area contributed by atoms with Gasteiger partial charge in [0.25, 0.3) is 5.91 Å². The minimum atomic E-state index is -0.595. The van der Waals surface area contributed by atoms with E-state index in [9.17, 15) is 15.0 Å². The molecule has 2 aromatic rings. The van der Waals surface area contributed by atoms with Gasteiger partial charge in [0.1, 0.15) is 17.2 Å². The fourth-order valence-corrected chi connectivity index (χ4v) is 2.12. The lowest BCUT2D eigenvalue weighted by Gasteiger charge is -2.05. The number of hydrogen-bond acceptors (Lipinski definition) is 5. The Morgan fingerprint density at radius 3 is 2.73 bits per heavy atom. The molecule has 0 atom stereocenters. The summed E-state index contributed by atoms with van der Waals surface area (Å²) in [6.07, 6.45) is 1.43. The molecule has 0 unspecified atom stereocenters. The maximum atomic E-state index is 11.9. The van der Waals surface area contributed by atoms with Crippen molar-refractivity contribution in [1.29, 1.82) is 0 Å². The van der Waals surface area contributed by atoms with Gasteiger partial charge < -0.3 is 14.9 Å². The first kappa shape index (κ1) is 15.8. The summed E-state index contributed by atoms with van der Waals surface area (Å²) in [5.41, 5.74) is 2.98. The number of nitrogens with zero attached hydrogens (tertiary/aromatic N) is 1. The predicted octanol–water partition coefficient (Wildman–Crippen LogP) is 2.63. The third-order valence-corrected chi connectivity index (χ3v) is 3.28. The van der Waals surface area contributed by atoms with Gasteiger partial charge in [0, 0.05) is 16.1 Å². The van der Waals surface area contributed by atoms with E-state index in [0.717, 1.165) is 10.5 Å². The first-order chi connectivity index (χ1) is 10.5. The molecule has 0 aromatic heterocycles. The molecule has 22 heavy (non-hydrogen) atoms. The van der Waals surface area contributed by atoms with Crippen LogP contribution in [0.2, 0.25) is 0 Å². The molecule has 0 radical (unpaired) electrons. The van der Waals surface area contributed by atoms with Crippen molar-refractivity contribution in [2.45, 2.75) is 0 Å². The smallest absolute Gasteiger partial charge is 0.275 e. The number of phenolic OH excluding ortho intramolecular Hbond substituents is 2. The Morgan fingerprint density at radius 1 is 1.27 bits per heavy atom. The van der Waals surface area contributed by atoms with E-state index in [-0.39, 0.29) is 17.1 Å². The molecular weight excluding hydrogens is 352 g/mol. The Labute approximate surface area is 135 Å². The number of nitrogens with one attached hydrogen (secondary N) is 1.